The number of unbranched alkanes of at least 4 members (excludes halogenated alkanes) is 3. The minimum Gasteiger partial charge on any atom is -0.497 e. The van der Waals surface area contributed by atoms with E-state index in [4.69, 9.17) is 14.3 Å². The lowest BCUT2D eigenvalue weighted by Gasteiger charge is -2.00. The number of aliphatic hydroxyl groups is 1. The van der Waals surface area contributed by atoms with Crippen LogP contribution in [0, 0.1) is 0 Å². The van der Waals surface area contributed by atoms with E-state index in [1.165, 1.54) is 0 Å². The second-order valence-electron chi connectivity index (χ2n) is 4.73. The second kappa shape index (κ2) is 7.70. The van der Waals surface area contributed by atoms with Gasteiger partial charge in [0.05, 0.1) is 13.3 Å². The molecule has 0 bridgehead atoms. The van der Waals surface area contributed by atoms with Gasteiger partial charge in [-0.1, -0.05) is 12.8 Å². The van der Waals surface area contributed by atoms with Crippen molar-refractivity contribution in [2.75, 3.05) is 13.7 Å². The summed E-state index contributed by atoms with van der Waals surface area (Å²) in [5.41, 5.74) is 1.00. The van der Waals surface area contributed by atoms with Gasteiger partial charge in [-0.3, -0.25) is 0 Å². The van der Waals surface area contributed by atoms with Crippen LogP contribution in [0.15, 0.2) is 34.9 Å². The molecular weight excluding hydrogens is 254 g/mol. The van der Waals surface area contributed by atoms with Crippen LogP contribution in [0.25, 0.3) is 11.3 Å². The Kier molecular flexibility index (Phi) is 5.62. The lowest BCUT2D eigenvalue weighted by molar-refractivity contribution is 0.282. The third-order valence-electron chi connectivity index (χ3n) is 3.23. The van der Waals surface area contributed by atoms with Crippen molar-refractivity contribution < 1.29 is 14.3 Å². The number of aryl methyl sites for hydroxylation is 1. The van der Waals surface area contributed by atoms with Crippen LogP contribution in [0.1, 0.15) is 31.6 Å². The highest BCUT2D eigenvalue weighted by molar-refractivity contribution is 5.57. The maximum atomic E-state index is 8.71. The first-order valence-corrected chi connectivity index (χ1v) is 7.03. The van der Waals surface area contributed by atoms with E-state index in [9.17, 15) is 0 Å². The van der Waals surface area contributed by atoms with E-state index >= 15 is 0 Å². The van der Waals surface area contributed by atoms with Crippen LogP contribution in [-0.2, 0) is 6.42 Å². The zero-order chi connectivity index (χ0) is 14.2. The van der Waals surface area contributed by atoms with Crippen molar-refractivity contribution in [3.63, 3.8) is 0 Å². The largest absolute Gasteiger partial charge is 0.497 e. The monoisotopic (exact) mass is 275 g/mol. The molecule has 0 radical (unpaired) electrons. The van der Waals surface area contributed by atoms with Crippen LogP contribution in [0.5, 0.6) is 5.75 Å². The van der Waals surface area contributed by atoms with Gasteiger partial charge in [0.25, 0.3) is 0 Å². The molecule has 0 aliphatic carbocycles. The van der Waals surface area contributed by atoms with E-state index < -0.39 is 0 Å². The van der Waals surface area contributed by atoms with Gasteiger partial charge in [-0.25, -0.2) is 4.98 Å². The molecule has 2 rings (SSSR count). The quantitative estimate of drug-likeness (QED) is 0.750. The van der Waals surface area contributed by atoms with Gasteiger partial charge in [0, 0.05) is 18.6 Å². The van der Waals surface area contributed by atoms with Gasteiger partial charge in [0.2, 0.25) is 0 Å². The van der Waals surface area contributed by atoms with Gasteiger partial charge in [0.15, 0.2) is 11.7 Å². The van der Waals surface area contributed by atoms with Gasteiger partial charge in [-0.05, 0) is 37.1 Å². The number of aliphatic hydroxyl groups excluding tert-OH is 1. The molecule has 0 aliphatic rings. The Balaban J connectivity index is 1.87. The van der Waals surface area contributed by atoms with E-state index in [0.717, 1.165) is 55.1 Å². The average molecular weight is 275 g/mol. The van der Waals surface area contributed by atoms with E-state index in [2.05, 4.69) is 4.98 Å². The summed E-state index contributed by atoms with van der Waals surface area (Å²) in [7, 11) is 1.65. The van der Waals surface area contributed by atoms with E-state index in [1.807, 2.05) is 24.3 Å². The summed E-state index contributed by atoms with van der Waals surface area (Å²) < 4.78 is 10.9. The average Bonchev–Trinajstić information content (AvgIpc) is 2.96. The Morgan fingerprint density at radius 3 is 2.55 bits per heavy atom. The maximum Gasteiger partial charge on any atom is 0.194 e. The van der Waals surface area contributed by atoms with Gasteiger partial charge in [0.1, 0.15) is 5.75 Å². The molecule has 0 fully saturated rings. The third kappa shape index (κ3) is 4.10. The number of nitrogens with zero attached hydrogens (tertiary/aromatic N) is 1. The van der Waals surface area contributed by atoms with Crippen molar-refractivity contribution in [3.05, 3.63) is 36.4 Å². The molecule has 0 saturated carbocycles. The lowest BCUT2D eigenvalue weighted by atomic mass is 10.1. The molecule has 1 aromatic heterocycles. The predicted molar refractivity (Wildman–Crippen MR) is 77.7 cm³/mol. The lowest BCUT2D eigenvalue weighted by Crippen LogP contribution is -1.87. The minimum absolute atomic E-state index is 0.278. The molecule has 0 unspecified atom stereocenters. The van der Waals surface area contributed by atoms with Crippen molar-refractivity contribution in [1.29, 1.82) is 0 Å². The van der Waals surface area contributed by atoms with E-state index in [1.54, 1.807) is 13.3 Å². The maximum absolute atomic E-state index is 8.71. The summed E-state index contributed by atoms with van der Waals surface area (Å²) in [5.74, 6) is 2.40. The number of rotatable bonds is 8. The number of hydrogen-bond acceptors (Lipinski definition) is 4. The first-order valence-electron chi connectivity index (χ1n) is 7.03. The molecule has 108 valence electrons. The fraction of sp³-hybridized carbons (Fsp3) is 0.438. The third-order valence-corrected chi connectivity index (χ3v) is 3.23. The van der Waals surface area contributed by atoms with Crippen LogP contribution in [0.3, 0.4) is 0 Å². The van der Waals surface area contributed by atoms with Gasteiger partial charge < -0.3 is 14.3 Å². The van der Waals surface area contributed by atoms with Crippen molar-refractivity contribution in [1.82, 2.24) is 4.98 Å². The molecule has 4 heteroatoms. The van der Waals surface area contributed by atoms with Crippen LogP contribution < -0.4 is 4.74 Å². The first-order chi connectivity index (χ1) is 9.83. The van der Waals surface area contributed by atoms with E-state index in [0.29, 0.717) is 0 Å². The normalized spacial score (nSPS) is 10.7. The molecule has 0 spiro atoms. The van der Waals surface area contributed by atoms with Crippen molar-refractivity contribution in [2.24, 2.45) is 0 Å². The topological polar surface area (TPSA) is 55.5 Å². The molecule has 0 amide bonds. The van der Waals surface area contributed by atoms with Crippen LogP contribution in [-0.4, -0.2) is 23.8 Å². The molecule has 1 N–H and O–H groups in total. The van der Waals surface area contributed by atoms with Crippen molar-refractivity contribution >= 4 is 0 Å². The van der Waals surface area contributed by atoms with Gasteiger partial charge in [-0.15, -0.1) is 0 Å². The Morgan fingerprint density at radius 1 is 1.10 bits per heavy atom. The smallest absolute Gasteiger partial charge is 0.194 e. The molecule has 20 heavy (non-hydrogen) atoms. The molecule has 1 heterocycles. The molecule has 0 atom stereocenters. The minimum atomic E-state index is 0.278. The Hall–Kier alpha value is -1.81. The molecule has 1 aromatic carbocycles. The number of oxazole rings is 1. The number of benzene rings is 1. The van der Waals surface area contributed by atoms with Gasteiger partial charge in [-0.2, -0.15) is 0 Å². The summed E-state index contributed by atoms with van der Waals surface area (Å²) in [6, 6.07) is 7.74. The molecule has 0 aliphatic heterocycles. The highest BCUT2D eigenvalue weighted by Gasteiger charge is 2.06. The standard InChI is InChI=1S/C16H21NO3/c1-19-14-9-7-13(8-10-14)15-12-17-16(20-15)6-4-2-3-5-11-18/h7-10,12,18H,2-6,11H2,1H3. The Labute approximate surface area is 119 Å². The summed E-state index contributed by atoms with van der Waals surface area (Å²) in [5, 5.41) is 8.71. The fourth-order valence-electron chi connectivity index (χ4n) is 2.06. The zero-order valence-corrected chi connectivity index (χ0v) is 11.8. The molecule has 0 saturated heterocycles. The molecule has 2 aromatic rings. The molecule has 4 nitrogen and oxygen atoms in total. The highest BCUT2D eigenvalue weighted by atomic mass is 16.5. The summed E-state index contributed by atoms with van der Waals surface area (Å²) >= 11 is 0. The number of ether oxygens (including phenoxy) is 1. The van der Waals surface area contributed by atoms with Gasteiger partial charge >= 0.3 is 0 Å². The highest BCUT2D eigenvalue weighted by Crippen LogP contribution is 2.23. The van der Waals surface area contributed by atoms with Crippen LogP contribution in [0.4, 0.5) is 0 Å². The first kappa shape index (κ1) is 14.6. The Morgan fingerprint density at radius 2 is 1.85 bits per heavy atom. The number of aromatic nitrogens is 1. The summed E-state index contributed by atoms with van der Waals surface area (Å²) in [6.07, 6.45) is 6.70. The Bertz CT molecular complexity index is 505. The van der Waals surface area contributed by atoms with Crippen molar-refractivity contribution in [2.45, 2.75) is 32.1 Å². The SMILES string of the molecule is COc1ccc(-c2cnc(CCCCCCO)o2)cc1. The van der Waals surface area contributed by atoms with Crippen LogP contribution >= 0.6 is 0 Å². The summed E-state index contributed by atoms with van der Waals surface area (Å²) in [4.78, 5) is 4.31. The summed E-state index contributed by atoms with van der Waals surface area (Å²) in [6.45, 7) is 0.278. The number of methoxy groups -OCH3 is 1. The fourth-order valence-corrected chi connectivity index (χ4v) is 2.06. The van der Waals surface area contributed by atoms with Crippen LogP contribution in [0.2, 0.25) is 0 Å². The predicted octanol–water partition coefficient (Wildman–Crippen LogP) is 3.45. The zero-order valence-electron chi connectivity index (χ0n) is 11.8. The second-order valence-corrected chi connectivity index (χ2v) is 4.73. The number of hydrogen-bond donors (Lipinski definition) is 1. The molecular formula is C16H21NO3. The van der Waals surface area contributed by atoms with Crippen molar-refractivity contribution in [3.8, 4) is 17.1 Å². The van der Waals surface area contributed by atoms with E-state index in [-0.39, 0.29) is 6.61 Å².